The Balaban J connectivity index is 1.88. The molecule has 13 heteroatoms. The van der Waals surface area contributed by atoms with Gasteiger partial charge in [0.05, 0.1) is 12.2 Å². The van der Waals surface area contributed by atoms with E-state index < -0.39 is 106 Å². The van der Waals surface area contributed by atoms with Crippen molar-refractivity contribution in [2.24, 2.45) is 0 Å². The van der Waals surface area contributed by atoms with Crippen molar-refractivity contribution in [1.29, 1.82) is 0 Å². The third-order valence-corrected chi connectivity index (χ3v) is 5.33. The Morgan fingerprint density at radius 3 is 1.74 bits per heavy atom. The zero-order valence-corrected chi connectivity index (χ0v) is 14.7. The summed E-state index contributed by atoms with van der Waals surface area (Å²) in [5, 5.41) is 19.9. The maximum absolute atomic E-state index is 14.8. The highest BCUT2D eigenvalue weighted by molar-refractivity contribution is 5.73. The summed E-state index contributed by atoms with van der Waals surface area (Å²) >= 11 is 0. The standard InChI is InChI=1S/C18H8F8O5/c19-7-3(5-8(20)12(24)14(26)13(25)9(5)21)4-6(10(22)11(7)23)15-2(30-15)1-29-18(27,28)17-16(4)31-17/h2,15-17,27-28H,1H2. The van der Waals surface area contributed by atoms with Crippen LogP contribution in [-0.4, -0.2) is 35.0 Å². The van der Waals surface area contributed by atoms with Crippen LogP contribution >= 0.6 is 0 Å². The van der Waals surface area contributed by atoms with Gasteiger partial charge in [0.15, 0.2) is 46.8 Å². The summed E-state index contributed by atoms with van der Waals surface area (Å²) in [7, 11) is 0. The normalized spacial score (nSPS) is 28.1. The Labute approximate surface area is 166 Å². The van der Waals surface area contributed by atoms with E-state index in [1.54, 1.807) is 0 Å². The zero-order valence-electron chi connectivity index (χ0n) is 14.7. The second kappa shape index (κ2) is 6.36. The minimum Gasteiger partial charge on any atom is -0.362 e. The maximum Gasteiger partial charge on any atom is 0.308 e. The van der Waals surface area contributed by atoms with Crippen molar-refractivity contribution in [3.63, 3.8) is 0 Å². The predicted molar refractivity (Wildman–Crippen MR) is 79.9 cm³/mol. The van der Waals surface area contributed by atoms with E-state index in [9.17, 15) is 45.3 Å². The SMILES string of the molecule is OC1(O)OCC2OC2c2c(F)c(F)c(F)c(-c3c(F)c(F)c(F)c(F)c3F)c2C2OC21. The number of epoxide rings is 2. The van der Waals surface area contributed by atoms with Crippen LogP contribution in [0.4, 0.5) is 35.1 Å². The van der Waals surface area contributed by atoms with E-state index in [4.69, 9.17) is 14.2 Å². The smallest absolute Gasteiger partial charge is 0.308 e. The first-order valence-corrected chi connectivity index (χ1v) is 8.59. The number of hydrogen-bond donors (Lipinski definition) is 2. The molecule has 5 rings (SSSR count). The Bertz CT molecular complexity index is 1120. The Hall–Kier alpha value is -2.32. The molecule has 0 spiro atoms. The summed E-state index contributed by atoms with van der Waals surface area (Å²) in [6.45, 7) is -0.569. The summed E-state index contributed by atoms with van der Waals surface area (Å²) in [6, 6.07) is 0. The van der Waals surface area contributed by atoms with E-state index in [0.717, 1.165) is 0 Å². The van der Waals surface area contributed by atoms with Gasteiger partial charge >= 0.3 is 5.97 Å². The Kier molecular flexibility index (Phi) is 4.22. The highest BCUT2D eigenvalue weighted by Crippen LogP contribution is 2.57. The predicted octanol–water partition coefficient (Wildman–Crippen LogP) is 3.01. The molecule has 4 atom stereocenters. The fraction of sp³-hybridized carbons (Fsp3) is 0.333. The fourth-order valence-electron chi connectivity index (χ4n) is 3.77. The van der Waals surface area contributed by atoms with Crippen LogP contribution in [0.5, 0.6) is 0 Å². The topological polar surface area (TPSA) is 74.8 Å². The second-order valence-corrected chi connectivity index (χ2v) is 7.13. The van der Waals surface area contributed by atoms with Crippen LogP contribution in [0.25, 0.3) is 11.1 Å². The van der Waals surface area contributed by atoms with Crippen molar-refractivity contribution < 1.29 is 59.5 Å². The van der Waals surface area contributed by atoms with E-state index in [1.165, 1.54) is 0 Å². The average molecular weight is 456 g/mol. The van der Waals surface area contributed by atoms with Crippen LogP contribution in [0.3, 0.4) is 0 Å². The molecule has 0 bridgehead atoms. The zero-order chi connectivity index (χ0) is 22.6. The highest BCUT2D eigenvalue weighted by atomic mass is 19.2. The molecule has 2 N–H and O–H groups in total. The van der Waals surface area contributed by atoms with E-state index in [1.807, 2.05) is 0 Å². The van der Waals surface area contributed by atoms with Crippen LogP contribution in [0, 0.1) is 46.5 Å². The monoisotopic (exact) mass is 456 g/mol. The summed E-state index contributed by atoms with van der Waals surface area (Å²) in [6.07, 6.45) is -6.03. The molecule has 0 radical (unpaired) electrons. The first-order valence-electron chi connectivity index (χ1n) is 8.59. The number of fused-ring (bicyclic) bond motifs is 5. The molecule has 2 aromatic rings. The van der Waals surface area contributed by atoms with Crippen molar-refractivity contribution >= 4 is 0 Å². The van der Waals surface area contributed by atoms with Crippen LogP contribution in [0.2, 0.25) is 0 Å². The van der Waals surface area contributed by atoms with Crippen LogP contribution in [-0.2, 0) is 14.2 Å². The van der Waals surface area contributed by atoms with Crippen molar-refractivity contribution in [1.82, 2.24) is 0 Å². The average Bonchev–Trinajstić information content (AvgIpc) is 3.63. The molecular formula is C18H8F8O5. The molecule has 0 amide bonds. The number of ether oxygens (including phenoxy) is 3. The van der Waals surface area contributed by atoms with Gasteiger partial charge in [0, 0.05) is 16.7 Å². The first-order chi connectivity index (χ1) is 14.5. The highest BCUT2D eigenvalue weighted by Gasteiger charge is 2.62. The van der Waals surface area contributed by atoms with Crippen LogP contribution < -0.4 is 0 Å². The lowest BCUT2D eigenvalue weighted by Gasteiger charge is -2.20. The lowest BCUT2D eigenvalue weighted by Crippen LogP contribution is -2.39. The molecule has 0 saturated carbocycles. The molecule has 31 heavy (non-hydrogen) atoms. The number of hydrogen-bond acceptors (Lipinski definition) is 5. The van der Waals surface area contributed by atoms with Gasteiger partial charge in [-0.1, -0.05) is 0 Å². The van der Waals surface area contributed by atoms with Crippen molar-refractivity contribution in [2.75, 3.05) is 6.61 Å². The van der Waals surface area contributed by atoms with E-state index in [2.05, 4.69) is 0 Å². The summed E-state index contributed by atoms with van der Waals surface area (Å²) in [4.78, 5) is 0. The van der Waals surface area contributed by atoms with Gasteiger partial charge < -0.3 is 24.4 Å². The molecule has 0 aromatic heterocycles. The fourth-order valence-corrected chi connectivity index (χ4v) is 3.77. The molecule has 2 saturated heterocycles. The minimum atomic E-state index is -3.06. The molecule has 3 aliphatic heterocycles. The number of rotatable bonds is 1. The number of aliphatic hydroxyl groups is 2. The lowest BCUT2D eigenvalue weighted by atomic mass is 9.88. The second-order valence-electron chi connectivity index (χ2n) is 7.13. The van der Waals surface area contributed by atoms with Crippen molar-refractivity contribution in [3.05, 3.63) is 57.7 Å². The summed E-state index contributed by atoms with van der Waals surface area (Å²) in [5.41, 5.74) is -5.12. The van der Waals surface area contributed by atoms with Gasteiger partial charge in [-0.3, -0.25) is 0 Å². The van der Waals surface area contributed by atoms with Gasteiger partial charge in [-0.25, -0.2) is 35.1 Å². The lowest BCUT2D eigenvalue weighted by molar-refractivity contribution is -0.347. The van der Waals surface area contributed by atoms with Gasteiger partial charge in [0.1, 0.15) is 18.3 Å². The Morgan fingerprint density at radius 2 is 1.13 bits per heavy atom. The molecule has 2 aromatic carbocycles. The quantitative estimate of drug-likeness (QED) is 0.227. The number of benzene rings is 2. The van der Waals surface area contributed by atoms with E-state index in [-0.39, 0.29) is 0 Å². The molecule has 3 heterocycles. The molecule has 3 aliphatic rings. The maximum atomic E-state index is 14.8. The van der Waals surface area contributed by atoms with Gasteiger partial charge in [0.2, 0.25) is 5.82 Å². The summed E-state index contributed by atoms with van der Waals surface area (Å²) < 4.78 is 128. The first kappa shape index (κ1) is 20.6. The molecule has 166 valence electrons. The third kappa shape index (κ3) is 2.74. The van der Waals surface area contributed by atoms with Crippen molar-refractivity contribution in [3.8, 4) is 11.1 Å². The molecule has 2 fully saturated rings. The van der Waals surface area contributed by atoms with Gasteiger partial charge in [-0.05, 0) is 0 Å². The van der Waals surface area contributed by atoms with Gasteiger partial charge in [-0.2, -0.15) is 0 Å². The van der Waals surface area contributed by atoms with Crippen molar-refractivity contribution in [2.45, 2.75) is 30.4 Å². The minimum absolute atomic E-state index is 0.569. The van der Waals surface area contributed by atoms with Crippen LogP contribution in [0.1, 0.15) is 23.3 Å². The van der Waals surface area contributed by atoms with E-state index in [0.29, 0.717) is 0 Å². The third-order valence-electron chi connectivity index (χ3n) is 5.33. The molecule has 5 nitrogen and oxygen atoms in total. The van der Waals surface area contributed by atoms with E-state index >= 15 is 0 Å². The number of halogens is 8. The van der Waals surface area contributed by atoms with Gasteiger partial charge in [0.25, 0.3) is 0 Å². The molecule has 4 unspecified atom stereocenters. The Morgan fingerprint density at radius 1 is 0.613 bits per heavy atom. The van der Waals surface area contributed by atoms with Crippen LogP contribution in [0.15, 0.2) is 0 Å². The van der Waals surface area contributed by atoms with Gasteiger partial charge in [-0.15, -0.1) is 0 Å². The summed E-state index contributed by atoms with van der Waals surface area (Å²) in [5.74, 6) is -21.9. The molecular weight excluding hydrogens is 448 g/mol. The largest absolute Gasteiger partial charge is 0.362 e. The molecule has 0 aliphatic carbocycles.